The van der Waals surface area contributed by atoms with Crippen LogP contribution in [0.15, 0.2) is 72.9 Å². The van der Waals surface area contributed by atoms with Gasteiger partial charge in [-0.15, -0.1) is 0 Å². The van der Waals surface area contributed by atoms with Crippen molar-refractivity contribution in [3.05, 3.63) is 77.9 Å². The third-order valence-electron chi connectivity index (χ3n) is 4.42. The van der Waals surface area contributed by atoms with E-state index in [1.807, 2.05) is 18.2 Å². The molecule has 0 radical (unpaired) electrons. The Morgan fingerprint density at radius 2 is 1.65 bits per heavy atom. The van der Waals surface area contributed by atoms with Gasteiger partial charge in [-0.2, -0.15) is 0 Å². The summed E-state index contributed by atoms with van der Waals surface area (Å²) in [5.74, 6) is 0. The van der Waals surface area contributed by atoms with Crippen molar-refractivity contribution in [2.24, 2.45) is 0 Å². The molecule has 0 saturated heterocycles. The molecule has 0 atom stereocenters. The number of para-hydroxylation sites is 2. The molecule has 0 aliphatic rings. The van der Waals surface area contributed by atoms with E-state index in [4.69, 9.17) is 11.6 Å². The normalized spacial score (nSPS) is 11.7. The fraction of sp³-hybridized carbons (Fsp3) is 0. The first-order valence-corrected chi connectivity index (χ1v) is 7.96. The SMILES string of the molecule is Clc1cc2ccn(-c3ccccc3)c2c2[nH]c3ccccc3c12. The zero-order valence-electron chi connectivity index (χ0n) is 12.3. The van der Waals surface area contributed by atoms with Crippen molar-refractivity contribution in [1.82, 2.24) is 9.55 Å². The second-order valence-electron chi connectivity index (χ2n) is 5.74. The lowest BCUT2D eigenvalue weighted by Crippen LogP contribution is -1.91. The van der Waals surface area contributed by atoms with Gasteiger partial charge in [0.25, 0.3) is 0 Å². The fourth-order valence-electron chi connectivity index (χ4n) is 3.41. The number of aromatic nitrogens is 2. The van der Waals surface area contributed by atoms with Crippen molar-refractivity contribution in [2.45, 2.75) is 0 Å². The van der Waals surface area contributed by atoms with Crippen LogP contribution in [0.1, 0.15) is 0 Å². The summed E-state index contributed by atoms with van der Waals surface area (Å²) in [5, 5.41) is 4.18. The minimum atomic E-state index is 0.788. The number of H-pyrrole nitrogens is 1. The number of hydrogen-bond donors (Lipinski definition) is 1. The third-order valence-corrected chi connectivity index (χ3v) is 4.71. The van der Waals surface area contributed by atoms with E-state index in [0.717, 1.165) is 43.4 Å². The number of aromatic amines is 1. The van der Waals surface area contributed by atoms with Crippen molar-refractivity contribution in [3.63, 3.8) is 0 Å². The van der Waals surface area contributed by atoms with Crippen LogP contribution in [0, 0.1) is 0 Å². The summed E-state index contributed by atoms with van der Waals surface area (Å²) in [7, 11) is 0. The molecule has 0 aliphatic heterocycles. The number of fused-ring (bicyclic) bond motifs is 5. The van der Waals surface area contributed by atoms with Gasteiger partial charge >= 0.3 is 0 Å². The van der Waals surface area contributed by atoms with E-state index < -0.39 is 0 Å². The van der Waals surface area contributed by atoms with Crippen molar-refractivity contribution >= 4 is 44.3 Å². The highest BCUT2D eigenvalue weighted by atomic mass is 35.5. The molecule has 0 bridgehead atoms. The first kappa shape index (κ1) is 12.8. The molecule has 2 nitrogen and oxygen atoms in total. The zero-order valence-corrected chi connectivity index (χ0v) is 13.0. The summed E-state index contributed by atoms with van der Waals surface area (Å²) in [6.45, 7) is 0. The molecule has 2 heterocycles. The molecular formula is C20H13ClN2. The quantitative estimate of drug-likeness (QED) is 0.396. The van der Waals surface area contributed by atoms with Crippen LogP contribution in [-0.2, 0) is 0 Å². The molecule has 0 spiro atoms. The summed E-state index contributed by atoms with van der Waals surface area (Å²) in [5.41, 5.74) is 4.50. The molecule has 0 aliphatic carbocycles. The Kier molecular flexibility index (Phi) is 2.58. The van der Waals surface area contributed by atoms with Gasteiger partial charge in [0, 0.05) is 33.6 Å². The summed E-state index contributed by atoms with van der Waals surface area (Å²) in [6, 6.07) is 22.8. The lowest BCUT2D eigenvalue weighted by molar-refractivity contribution is 1.13. The number of benzene rings is 3. The van der Waals surface area contributed by atoms with Crippen LogP contribution in [-0.4, -0.2) is 9.55 Å². The van der Waals surface area contributed by atoms with Gasteiger partial charge in [0.15, 0.2) is 0 Å². The van der Waals surface area contributed by atoms with Crippen molar-refractivity contribution in [2.75, 3.05) is 0 Å². The molecule has 0 fully saturated rings. The highest BCUT2D eigenvalue weighted by Crippen LogP contribution is 2.37. The van der Waals surface area contributed by atoms with Crippen LogP contribution in [0.25, 0.3) is 38.4 Å². The van der Waals surface area contributed by atoms with Crippen LogP contribution < -0.4 is 0 Å². The van der Waals surface area contributed by atoms with Gasteiger partial charge in [0.05, 0.1) is 16.1 Å². The van der Waals surface area contributed by atoms with Gasteiger partial charge < -0.3 is 9.55 Å². The number of halogens is 1. The number of nitrogens with zero attached hydrogens (tertiary/aromatic N) is 1. The predicted molar refractivity (Wildman–Crippen MR) is 97.6 cm³/mol. The van der Waals surface area contributed by atoms with Crippen LogP contribution >= 0.6 is 11.6 Å². The topological polar surface area (TPSA) is 20.7 Å². The molecule has 23 heavy (non-hydrogen) atoms. The van der Waals surface area contributed by atoms with Crippen LogP contribution in [0.5, 0.6) is 0 Å². The van der Waals surface area contributed by atoms with Crippen LogP contribution in [0.2, 0.25) is 5.02 Å². The lowest BCUT2D eigenvalue weighted by atomic mass is 10.1. The van der Waals surface area contributed by atoms with Gasteiger partial charge in [-0.1, -0.05) is 48.0 Å². The first-order valence-electron chi connectivity index (χ1n) is 7.58. The van der Waals surface area contributed by atoms with E-state index in [2.05, 4.69) is 64.3 Å². The number of nitrogens with one attached hydrogen (secondary N) is 1. The maximum atomic E-state index is 6.58. The largest absolute Gasteiger partial charge is 0.353 e. The Morgan fingerprint density at radius 3 is 2.52 bits per heavy atom. The molecule has 3 heteroatoms. The van der Waals surface area contributed by atoms with Crippen molar-refractivity contribution < 1.29 is 0 Å². The van der Waals surface area contributed by atoms with Gasteiger partial charge in [0.2, 0.25) is 0 Å². The molecule has 3 aromatic carbocycles. The van der Waals surface area contributed by atoms with Gasteiger partial charge in [-0.05, 0) is 30.3 Å². The first-order chi connectivity index (χ1) is 11.3. The Bertz CT molecular complexity index is 1170. The van der Waals surface area contributed by atoms with Gasteiger partial charge in [0.1, 0.15) is 0 Å². The molecular weight excluding hydrogens is 304 g/mol. The number of hydrogen-bond acceptors (Lipinski definition) is 0. The average Bonchev–Trinajstić information content (AvgIpc) is 3.17. The summed E-state index contributed by atoms with van der Waals surface area (Å²) >= 11 is 6.58. The predicted octanol–water partition coefficient (Wildman–Crippen LogP) is 5.92. The van der Waals surface area contributed by atoms with Crippen molar-refractivity contribution in [3.8, 4) is 5.69 Å². The minimum absolute atomic E-state index is 0.788. The molecule has 2 aromatic heterocycles. The van der Waals surface area contributed by atoms with Crippen LogP contribution in [0.4, 0.5) is 0 Å². The van der Waals surface area contributed by atoms with E-state index in [9.17, 15) is 0 Å². The molecule has 0 unspecified atom stereocenters. The standard InChI is InChI=1S/C20H13ClN2/c21-16-12-13-10-11-23(14-6-2-1-3-7-14)20(13)19-18(16)15-8-4-5-9-17(15)22-19/h1-12,22H. The second kappa shape index (κ2) is 4.64. The molecule has 5 aromatic rings. The van der Waals surface area contributed by atoms with E-state index in [-0.39, 0.29) is 0 Å². The Morgan fingerprint density at radius 1 is 0.870 bits per heavy atom. The third kappa shape index (κ3) is 1.76. The van der Waals surface area contributed by atoms with Crippen molar-refractivity contribution in [1.29, 1.82) is 0 Å². The van der Waals surface area contributed by atoms with E-state index in [1.165, 1.54) is 0 Å². The number of rotatable bonds is 1. The molecule has 0 saturated carbocycles. The molecule has 5 rings (SSSR count). The van der Waals surface area contributed by atoms with Crippen LogP contribution in [0.3, 0.4) is 0 Å². The second-order valence-corrected chi connectivity index (χ2v) is 6.15. The minimum Gasteiger partial charge on any atom is -0.353 e. The van der Waals surface area contributed by atoms with Gasteiger partial charge in [-0.25, -0.2) is 0 Å². The molecule has 0 amide bonds. The molecule has 1 N–H and O–H groups in total. The summed E-state index contributed by atoms with van der Waals surface area (Å²) in [6.07, 6.45) is 2.10. The fourth-order valence-corrected chi connectivity index (χ4v) is 3.72. The average molecular weight is 317 g/mol. The Labute approximate surface area is 137 Å². The maximum absolute atomic E-state index is 6.58. The zero-order chi connectivity index (χ0) is 15.4. The monoisotopic (exact) mass is 316 g/mol. The summed E-state index contributed by atoms with van der Waals surface area (Å²) < 4.78 is 2.21. The smallest absolute Gasteiger partial charge is 0.0772 e. The molecule has 110 valence electrons. The maximum Gasteiger partial charge on any atom is 0.0772 e. The lowest BCUT2D eigenvalue weighted by Gasteiger charge is -2.07. The summed E-state index contributed by atoms with van der Waals surface area (Å²) in [4.78, 5) is 3.55. The highest BCUT2D eigenvalue weighted by molar-refractivity contribution is 6.40. The highest BCUT2D eigenvalue weighted by Gasteiger charge is 2.14. The Hall–Kier alpha value is -2.71. The van der Waals surface area contributed by atoms with E-state index >= 15 is 0 Å². The van der Waals surface area contributed by atoms with Gasteiger partial charge in [-0.3, -0.25) is 0 Å². The van der Waals surface area contributed by atoms with E-state index in [1.54, 1.807) is 0 Å². The Balaban J connectivity index is 2.00. The van der Waals surface area contributed by atoms with E-state index in [0.29, 0.717) is 0 Å².